The van der Waals surface area contributed by atoms with Crippen LogP contribution in [0.3, 0.4) is 0 Å². The second-order valence-electron chi connectivity index (χ2n) is 4.83. The lowest BCUT2D eigenvalue weighted by Crippen LogP contribution is -2.37. The van der Waals surface area contributed by atoms with Gasteiger partial charge in [0.1, 0.15) is 0 Å². The number of hydrogen-bond acceptors (Lipinski definition) is 4. The summed E-state index contributed by atoms with van der Waals surface area (Å²) in [4.78, 5) is 0. The molecular weight excluding hydrogens is 216 g/mol. The molecule has 17 heavy (non-hydrogen) atoms. The highest BCUT2D eigenvalue weighted by Gasteiger charge is 2.28. The summed E-state index contributed by atoms with van der Waals surface area (Å²) in [6, 6.07) is 0.143. The van der Waals surface area contributed by atoms with Crippen LogP contribution in [-0.4, -0.2) is 23.0 Å². The minimum atomic E-state index is 0.143. The minimum Gasteiger partial charge on any atom is -0.381 e. The Kier molecular flexibility index (Phi) is 3.81. The molecule has 1 aromatic heterocycles. The standard InChI is InChI=1S/C12H22N4O/c1-8-11(9(2)16(3)15-8)12(14-13)10-5-4-6-17-7-10/h10,12,14H,4-7,13H2,1-3H3. The largest absolute Gasteiger partial charge is 0.381 e. The van der Waals surface area contributed by atoms with Crippen LogP contribution in [0.1, 0.15) is 35.8 Å². The van der Waals surface area contributed by atoms with Gasteiger partial charge in [-0.15, -0.1) is 0 Å². The van der Waals surface area contributed by atoms with Crippen molar-refractivity contribution in [2.45, 2.75) is 32.7 Å². The maximum atomic E-state index is 5.74. The first-order valence-corrected chi connectivity index (χ1v) is 6.19. The first-order valence-electron chi connectivity index (χ1n) is 6.19. The highest BCUT2D eigenvalue weighted by molar-refractivity contribution is 5.28. The van der Waals surface area contributed by atoms with Gasteiger partial charge in [0.05, 0.1) is 18.3 Å². The molecule has 2 atom stereocenters. The average Bonchev–Trinajstić information content (AvgIpc) is 2.58. The molecule has 5 nitrogen and oxygen atoms in total. The van der Waals surface area contributed by atoms with Gasteiger partial charge in [0.2, 0.25) is 0 Å². The molecule has 2 unspecified atom stereocenters. The summed E-state index contributed by atoms with van der Waals surface area (Å²) in [6.07, 6.45) is 2.27. The fourth-order valence-electron chi connectivity index (χ4n) is 2.72. The van der Waals surface area contributed by atoms with Crippen LogP contribution in [0, 0.1) is 19.8 Å². The van der Waals surface area contributed by atoms with Crippen molar-refractivity contribution in [3.8, 4) is 0 Å². The van der Waals surface area contributed by atoms with E-state index in [4.69, 9.17) is 10.6 Å². The molecule has 1 aliphatic heterocycles. The zero-order valence-corrected chi connectivity index (χ0v) is 10.9. The normalized spacial score (nSPS) is 22.7. The van der Waals surface area contributed by atoms with E-state index in [1.165, 1.54) is 11.3 Å². The topological polar surface area (TPSA) is 65.1 Å². The molecule has 0 bridgehead atoms. The van der Waals surface area contributed by atoms with Crippen molar-refractivity contribution in [3.05, 3.63) is 17.0 Å². The fraction of sp³-hybridized carbons (Fsp3) is 0.750. The van der Waals surface area contributed by atoms with Gasteiger partial charge in [-0.3, -0.25) is 16.0 Å². The molecular formula is C12H22N4O. The van der Waals surface area contributed by atoms with Gasteiger partial charge < -0.3 is 4.74 Å². The zero-order chi connectivity index (χ0) is 12.4. The second-order valence-corrected chi connectivity index (χ2v) is 4.83. The average molecular weight is 238 g/mol. The number of hydrogen-bond donors (Lipinski definition) is 2. The Labute approximate surface area is 102 Å². The number of nitrogens with one attached hydrogen (secondary N) is 1. The molecule has 0 amide bonds. The van der Waals surface area contributed by atoms with Crippen molar-refractivity contribution in [2.75, 3.05) is 13.2 Å². The number of aryl methyl sites for hydroxylation is 2. The van der Waals surface area contributed by atoms with E-state index in [0.717, 1.165) is 31.7 Å². The van der Waals surface area contributed by atoms with Crippen molar-refractivity contribution in [1.82, 2.24) is 15.2 Å². The van der Waals surface area contributed by atoms with Gasteiger partial charge in [-0.05, 0) is 26.7 Å². The van der Waals surface area contributed by atoms with E-state index in [1.54, 1.807) is 0 Å². The Balaban J connectivity index is 2.27. The molecule has 2 rings (SSSR count). The van der Waals surface area contributed by atoms with Crippen molar-refractivity contribution in [2.24, 2.45) is 18.8 Å². The molecule has 1 fully saturated rings. The van der Waals surface area contributed by atoms with Crippen LogP contribution in [0.25, 0.3) is 0 Å². The lowest BCUT2D eigenvalue weighted by molar-refractivity contribution is 0.0388. The highest BCUT2D eigenvalue weighted by Crippen LogP contribution is 2.31. The van der Waals surface area contributed by atoms with Gasteiger partial charge >= 0.3 is 0 Å². The SMILES string of the molecule is Cc1nn(C)c(C)c1C(NN)C1CCCOC1. The van der Waals surface area contributed by atoms with E-state index in [0.29, 0.717) is 5.92 Å². The van der Waals surface area contributed by atoms with Gasteiger partial charge in [0.15, 0.2) is 0 Å². The maximum absolute atomic E-state index is 5.74. The van der Waals surface area contributed by atoms with E-state index in [2.05, 4.69) is 17.4 Å². The monoisotopic (exact) mass is 238 g/mol. The molecule has 0 aliphatic carbocycles. The van der Waals surface area contributed by atoms with Gasteiger partial charge in [-0.1, -0.05) is 0 Å². The molecule has 96 valence electrons. The third-order valence-electron chi connectivity index (χ3n) is 3.72. The number of hydrazine groups is 1. The van der Waals surface area contributed by atoms with Crippen LogP contribution in [0.5, 0.6) is 0 Å². The van der Waals surface area contributed by atoms with E-state index in [9.17, 15) is 0 Å². The molecule has 1 saturated heterocycles. The van der Waals surface area contributed by atoms with Gasteiger partial charge in [0, 0.05) is 30.8 Å². The molecule has 5 heteroatoms. The predicted octanol–water partition coefficient (Wildman–Crippen LogP) is 0.968. The quantitative estimate of drug-likeness (QED) is 0.608. The van der Waals surface area contributed by atoms with Crippen LogP contribution < -0.4 is 11.3 Å². The molecule has 2 heterocycles. The first kappa shape index (κ1) is 12.5. The van der Waals surface area contributed by atoms with E-state index >= 15 is 0 Å². The molecule has 0 aromatic carbocycles. The molecule has 0 spiro atoms. The van der Waals surface area contributed by atoms with Crippen molar-refractivity contribution in [1.29, 1.82) is 0 Å². The van der Waals surface area contributed by atoms with E-state index in [1.807, 2.05) is 18.7 Å². The molecule has 1 aliphatic rings. The third kappa shape index (κ3) is 2.36. The zero-order valence-electron chi connectivity index (χ0n) is 10.9. The van der Waals surface area contributed by atoms with Crippen LogP contribution in [0.2, 0.25) is 0 Å². The molecule has 0 saturated carbocycles. The number of nitrogens with two attached hydrogens (primary N) is 1. The van der Waals surface area contributed by atoms with Gasteiger partial charge in [0.25, 0.3) is 0 Å². The molecule has 3 N–H and O–H groups in total. The second kappa shape index (κ2) is 5.16. The molecule has 0 radical (unpaired) electrons. The lowest BCUT2D eigenvalue weighted by atomic mass is 9.88. The Morgan fingerprint density at radius 1 is 1.53 bits per heavy atom. The van der Waals surface area contributed by atoms with Gasteiger partial charge in [-0.2, -0.15) is 5.10 Å². The molecule has 1 aromatic rings. The Morgan fingerprint density at radius 3 is 2.76 bits per heavy atom. The van der Waals surface area contributed by atoms with Crippen LogP contribution in [-0.2, 0) is 11.8 Å². The van der Waals surface area contributed by atoms with Gasteiger partial charge in [-0.25, -0.2) is 0 Å². The van der Waals surface area contributed by atoms with E-state index < -0.39 is 0 Å². The Hall–Kier alpha value is -0.910. The summed E-state index contributed by atoms with van der Waals surface area (Å²) in [6.45, 7) is 5.78. The predicted molar refractivity (Wildman–Crippen MR) is 66.3 cm³/mol. The summed E-state index contributed by atoms with van der Waals surface area (Å²) in [7, 11) is 1.97. The number of nitrogens with zero attached hydrogens (tertiary/aromatic N) is 2. The van der Waals surface area contributed by atoms with Crippen molar-refractivity contribution < 1.29 is 4.74 Å². The number of ether oxygens (including phenoxy) is 1. The summed E-state index contributed by atoms with van der Waals surface area (Å²) in [5.41, 5.74) is 6.41. The fourth-order valence-corrected chi connectivity index (χ4v) is 2.72. The number of aromatic nitrogens is 2. The first-order chi connectivity index (χ1) is 8.15. The minimum absolute atomic E-state index is 0.143. The third-order valence-corrected chi connectivity index (χ3v) is 3.72. The van der Waals surface area contributed by atoms with Crippen LogP contribution >= 0.6 is 0 Å². The van der Waals surface area contributed by atoms with Crippen molar-refractivity contribution >= 4 is 0 Å². The number of rotatable bonds is 3. The summed E-state index contributed by atoms with van der Waals surface area (Å²) < 4.78 is 7.47. The summed E-state index contributed by atoms with van der Waals surface area (Å²) in [5.74, 6) is 6.18. The maximum Gasteiger partial charge on any atom is 0.0644 e. The van der Waals surface area contributed by atoms with Crippen LogP contribution in [0.15, 0.2) is 0 Å². The smallest absolute Gasteiger partial charge is 0.0644 e. The summed E-state index contributed by atoms with van der Waals surface area (Å²) >= 11 is 0. The lowest BCUT2D eigenvalue weighted by Gasteiger charge is -2.30. The Morgan fingerprint density at radius 2 is 2.29 bits per heavy atom. The highest BCUT2D eigenvalue weighted by atomic mass is 16.5. The Bertz CT molecular complexity index is 382. The van der Waals surface area contributed by atoms with E-state index in [-0.39, 0.29) is 6.04 Å². The summed E-state index contributed by atoms with van der Waals surface area (Å²) in [5, 5.41) is 4.45. The van der Waals surface area contributed by atoms with Crippen molar-refractivity contribution in [3.63, 3.8) is 0 Å². The van der Waals surface area contributed by atoms with Crippen LogP contribution in [0.4, 0.5) is 0 Å².